The highest BCUT2D eigenvalue weighted by atomic mass is 35.5. The molecule has 0 amide bonds. The standard InChI is InChI=1S/C9H7ClFNO/c10-8-2-1-7(6-12)9(5-8)13-4-3-11/h1-2,5H,3-4H2. The van der Waals surface area contributed by atoms with Crippen LogP contribution in [0.2, 0.25) is 5.02 Å². The van der Waals surface area contributed by atoms with Crippen molar-refractivity contribution in [3.8, 4) is 11.8 Å². The van der Waals surface area contributed by atoms with Gasteiger partial charge in [-0.15, -0.1) is 0 Å². The van der Waals surface area contributed by atoms with Gasteiger partial charge < -0.3 is 4.74 Å². The predicted molar refractivity (Wildman–Crippen MR) is 47.6 cm³/mol. The normalized spacial score (nSPS) is 9.31. The third-order valence-electron chi connectivity index (χ3n) is 1.40. The van der Waals surface area contributed by atoms with Gasteiger partial charge in [-0.25, -0.2) is 4.39 Å². The monoisotopic (exact) mass is 199 g/mol. The lowest BCUT2D eigenvalue weighted by molar-refractivity contribution is 0.272. The van der Waals surface area contributed by atoms with Gasteiger partial charge in [0.1, 0.15) is 25.1 Å². The Morgan fingerprint density at radius 3 is 2.92 bits per heavy atom. The molecule has 0 spiro atoms. The summed E-state index contributed by atoms with van der Waals surface area (Å²) in [5, 5.41) is 9.11. The Morgan fingerprint density at radius 1 is 1.54 bits per heavy atom. The summed E-state index contributed by atoms with van der Waals surface area (Å²) in [6.07, 6.45) is 0. The van der Waals surface area contributed by atoms with Crippen molar-refractivity contribution >= 4 is 11.6 Å². The number of ether oxygens (including phenoxy) is 1. The summed E-state index contributed by atoms with van der Waals surface area (Å²) in [6, 6.07) is 6.54. The van der Waals surface area contributed by atoms with Gasteiger partial charge in [-0.2, -0.15) is 5.26 Å². The van der Waals surface area contributed by atoms with Crippen LogP contribution in [0, 0.1) is 11.3 Å². The molecule has 0 unspecified atom stereocenters. The molecule has 1 rings (SSSR count). The van der Waals surface area contributed by atoms with Crippen LogP contribution in [0.25, 0.3) is 0 Å². The maximum atomic E-state index is 11.8. The SMILES string of the molecule is N#Cc1ccc(Cl)cc1OCCF. The molecular weight excluding hydrogens is 193 g/mol. The van der Waals surface area contributed by atoms with Crippen molar-refractivity contribution in [2.45, 2.75) is 0 Å². The average molecular weight is 200 g/mol. The van der Waals surface area contributed by atoms with Crippen molar-refractivity contribution in [2.24, 2.45) is 0 Å². The largest absolute Gasteiger partial charge is 0.489 e. The summed E-state index contributed by atoms with van der Waals surface area (Å²) in [4.78, 5) is 0. The van der Waals surface area contributed by atoms with E-state index in [0.717, 1.165) is 0 Å². The lowest BCUT2D eigenvalue weighted by Gasteiger charge is -2.05. The number of rotatable bonds is 3. The van der Waals surface area contributed by atoms with Crippen molar-refractivity contribution in [1.82, 2.24) is 0 Å². The lowest BCUT2D eigenvalue weighted by atomic mass is 10.2. The molecule has 0 saturated heterocycles. The molecule has 4 heteroatoms. The third-order valence-corrected chi connectivity index (χ3v) is 1.63. The van der Waals surface area contributed by atoms with Crippen LogP contribution in [0.5, 0.6) is 5.75 Å². The Kier molecular flexibility index (Phi) is 3.53. The Labute approximate surface area is 80.5 Å². The first kappa shape index (κ1) is 9.82. The number of nitrogens with zero attached hydrogens (tertiary/aromatic N) is 1. The van der Waals surface area contributed by atoms with E-state index in [0.29, 0.717) is 16.3 Å². The average Bonchev–Trinajstić information content (AvgIpc) is 2.15. The maximum absolute atomic E-state index is 11.8. The van der Waals surface area contributed by atoms with Crippen molar-refractivity contribution in [3.63, 3.8) is 0 Å². The highest BCUT2D eigenvalue weighted by Gasteiger charge is 2.03. The molecule has 0 fully saturated rings. The second-order valence-corrected chi connectivity index (χ2v) is 2.73. The summed E-state index contributed by atoms with van der Waals surface area (Å²) < 4.78 is 16.8. The minimum absolute atomic E-state index is 0.0605. The van der Waals surface area contributed by atoms with Crippen LogP contribution < -0.4 is 4.74 Å². The van der Waals surface area contributed by atoms with Gasteiger partial charge in [0, 0.05) is 11.1 Å². The van der Waals surface area contributed by atoms with E-state index < -0.39 is 6.67 Å². The van der Waals surface area contributed by atoms with E-state index in [1.165, 1.54) is 12.1 Å². The van der Waals surface area contributed by atoms with E-state index in [4.69, 9.17) is 21.6 Å². The molecular formula is C9H7ClFNO. The zero-order chi connectivity index (χ0) is 9.68. The zero-order valence-corrected chi connectivity index (χ0v) is 7.51. The number of hydrogen-bond donors (Lipinski definition) is 0. The number of hydrogen-bond acceptors (Lipinski definition) is 2. The van der Waals surface area contributed by atoms with E-state index >= 15 is 0 Å². The topological polar surface area (TPSA) is 33.0 Å². The maximum Gasteiger partial charge on any atom is 0.138 e. The van der Waals surface area contributed by atoms with E-state index in [9.17, 15) is 4.39 Å². The molecule has 0 aliphatic carbocycles. The highest BCUT2D eigenvalue weighted by Crippen LogP contribution is 2.22. The molecule has 13 heavy (non-hydrogen) atoms. The van der Waals surface area contributed by atoms with Gasteiger partial charge in [-0.1, -0.05) is 11.6 Å². The van der Waals surface area contributed by atoms with Crippen LogP contribution in [-0.4, -0.2) is 13.3 Å². The molecule has 0 aliphatic rings. The van der Waals surface area contributed by atoms with Crippen LogP contribution in [-0.2, 0) is 0 Å². The molecule has 68 valence electrons. The summed E-state index contributed by atoms with van der Waals surface area (Å²) in [6.45, 7) is -0.646. The van der Waals surface area contributed by atoms with Crippen molar-refractivity contribution in [2.75, 3.05) is 13.3 Å². The van der Waals surface area contributed by atoms with Gasteiger partial charge in [0.15, 0.2) is 0 Å². The fraction of sp³-hybridized carbons (Fsp3) is 0.222. The molecule has 0 bridgehead atoms. The van der Waals surface area contributed by atoms with Gasteiger partial charge in [-0.3, -0.25) is 0 Å². The molecule has 0 heterocycles. The molecule has 1 aromatic carbocycles. The summed E-state index contributed by atoms with van der Waals surface area (Å²) in [5.41, 5.74) is 0.359. The van der Waals surface area contributed by atoms with Crippen molar-refractivity contribution < 1.29 is 9.13 Å². The molecule has 0 radical (unpaired) electrons. The first-order chi connectivity index (χ1) is 6.27. The number of halogens is 2. The van der Waals surface area contributed by atoms with Crippen LogP contribution >= 0.6 is 11.6 Å². The Morgan fingerprint density at radius 2 is 2.31 bits per heavy atom. The van der Waals surface area contributed by atoms with Gasteiger partial charge in [0.2, 0.25) is 0 Å². The molecule has 1 aromatic rings. The smallest absolute Gasteiger partial charge is 0.138 e. The summed E-state index contributed by atoms with van der Waals surface area (Å²) >= 11 is 5.67. The van der Waals surface area contributed by atoms with Crippen LogP contribution in [0.4, 0.5) is 4.39 Å². The Hall–Kier alpha value is -1.27. The number of nitriles is 1. The number of benzene rings is 1. The molecule has 0 saturated carbocycles. The van der Waals surface area contributed by atoms with Gasteiger partial charge in [0.05, 0.1) is 5.56 Å². The van der Waals surface area contributed by atoms with Crippen molar-refractivity contribution in [3.05, 3.63) is 28.8 Å². The Bertz CT molecular complexity index is 335. The quantitative estimate of drug-likeness (QED) is 0.750. The third kappa shape index (κ3) is 2.60. The van der Waals surface area contributed by atoms with Crippen LogP contribution in [0.3, 0.4) is 0 Å². The summed E-state index contributed by atoms with van der Waals surface area (Å²) in [5.74, 6) is 0.327. The molecule has 0 aliphatic heterocycles. The minimum atomic E-state index is -0.586. The minimum Gasteiger partial charge on any atom is -0.489 e. The van der Waals surface area contributed by atoms with Crippen LogP contribution in [0.1, 0.15) is 5.56 Å². The lowest BCUT2D eigenvalue weighted by Crippen LogP contribution is -2.00. The second-order valence-electron chi connectivity index (χ2n) is 2.29. The molecule has 0 N–H and O–H groups in total. The fourth-order valence-electron chi connectivity index (χ4n) is 0.856. The fourth-order valence-corrected chi connectivity index (χ4v) is 1.02. The van der Waals surface area contributed by atoms with Crippen molar-refractivity contribution in [1.29, 1.82) is 5.26 Å². The Balaban J connectivity index is 2.89. The first-order valence-electron chi connectivity index (χ1n) is 3.66. The molecule has 0 atom stereocenters. The predicted octanol–water partition coefficient (Wildman–Crippen LogP) is 2.56. The number of alkyl halides is 1. The van der Waals surface area contributed by atoms with Crippen LogP contribution in [0.15, 0.2) is 18.2 Å². The van der Waals surface area contributed by atoms with E-state index in [2.05, 4.69) is 0 Å². The van der Waals surface area contributed by atoms with Gasteiger partial charge >= 0.3 is 0 Å². The van der Waals surface area contributed by atoms with E-state index in [1.54, 1.807) is 6.07 Å². The van der Waals surface area contributed by atoms with Gasteiger partial charge in [-0.05, 0) is 12.1 Å². The zero-order valence-electron chi connectivity index (χ0n) is 6.76. The summed E-state index contributed by atoms with van der Waals surface area (Å²) in [7, 11) is 0. The van der Waals surface area contributed by atoms with Gasteiger partial charge in [0.25, 0.3) is 0 Å². The molecule has 2 nitrogen and oxygen atoms in total. The van der Waals surface area contributed by atoms with E-state index in [-0.39, 0.29) is 6.61 Å². The first-order valence-corrected chi connectivity index (χ1v) is 4.04. The second kappa shape index (κ2) is 4.68. The van der Waals surface area contributed by atoms with E-state index in [1.807, 2.05) is 6.07 Å². The molecule has 0 aromatic heterocycles. The highest BCUT2D eigenvalue weighted by molar-refractivity contribution is 6.30.